The third-order valence-corrected chi connectivity index (χ3v) is 2.81. The Morgan fingerprint density at radius 1 is 1.38 bits per heavy atom. The SMILES string of the molecule is Clc1ccncc1CN1CCCC1. The molecule has 0 unspecified atom stereocenters. The van der Waals surface area contributed by atoms with Gasteiger partial charge in [-0.15, -0.1) is 0 Å². The van der Waals surface area contributed by atoms with Gasteiger partial charge in [0.15, 0.2) is 0 Å². The number of hydrogen-bond donors (Lipinski definition) is 0. The standard InChI is InChI=1S/C10H13ClN2/c11-10-3-4-12-7-9(10)8-13-5-1-2-6-13/h3-4,7H,1-2,5-6,8H2. The molecular weight excluding hydrogens is 184 g/mol. The Kier molecular flexibility index (Phi) is 2.81. The maximum Gasteiger partial charge on any atom is 0.0481 e. The topological polar surface area (TPSA) is 16.1 Å². The number of rotatable bonds is 2. The first-order valence-corrected chi connectivity index (χ1v) is 5.05. The van der Waals surface area contributed by atoms with E-state index in [-0.39, 0.29) is 0 Å². The quantitative estimate of drug-likeness (QED) is 0.722. The molecule has 1 aliphatic rings. The fourth-order valence-corrected chi connectivity index (χ4v) is 1.87. The average Bonchev–Trinajstić information content (AvgIpc) is 2.61. The van der Waals surface area contributed by atoms with E-state index in [0.29, 0.717) is 0 Å². The van der Waals surface area contributed by atoms with E-state index >= 15 is 0 Å². The van der Waals surface area contributed by atoms with Gasteiger partial charge in [-0.2, -0.15) is 0 Å². The molecule has 0 amide bonds. The van der Waals surface area contributed by atoms with E-state index in [9.17, 15) is 0 Å². The lowest BCUT2D eigenvalue weighted by Gasteiger charge is -2.14. The number of nitrogens with zero attached hydrogens (tertiary/aromatic N) is 2. The van der Waals surface area contributed by atoms with Gasteiger partial charge in [0.2, 0.25) is 0 Å². The minimum atomic E-state index is 0.835. The van der Waals surface area contributed by atoms with E-state index in [1.807, 2.05) is 12.3 Å². The highest BCUT2D eigenvalue weighted by Gasteiger charge is 2.12. The molecule has 0 aromatic carbocycles. The summed E-state index contributed by atoms with van der Waals surface area (Å²) in [5.41, 5.74) is 1.14. The smallest absolute Gasteiger partial charge is 0.0481 e. The number of hydrogen-bond acceptors (Lipinski definition) is 2. The van der Waals surface area contributed by atoms with Crippen molar-refractivity contribution in [3.63, 3.8) is 0 Å². The highest BCUT2D eigenvalue weighted by atomic mass is 35.5. The summed E-state index contributed by atoms with van der Waals surface area (Å²) in [5.74, 6) is 0. The van der Waals surface area contributed by atoms with Gasteiger partial charge in [-0.05, 0) is 32.0 Å². The second-order valence-corrected chi connectivity index (χ2v) is 3.86. The molecule has 0 atom stereocenters. The van der Waals surface area contributed by atoms with E-state index in [0.717, 1.165) is 17.1 Å². The van der Waals surface area contributed by atoms with Gasteiger partial charge in [0.25, 0.3) is 0 Å². The molecule has 3 heteroatoms. The summed E-state index contributed by atoms with van der Waals surface area (Å²) < 4.78 is 0. The van der Waals surface area contributed by atoms with Crippen LogP contribution in [0.15, 0.2) is 18.5 Å². The Labute approximate surface area is 83.5 Å². The van der Waals surface area contributed by atoms with Crippen LogP contribution < -0.4 is 0 Å². The zero-order chi connectivity index (χ0) is 9.10. The van der Waals surface area contributed by atoms with Gasteiger partial charge in [-0.25, -0.2) is 0 Å². The molecule has 0 N–H and O–H groups in total. The summed E-state index contributed by atoms with van der Waals surface area (Å²) >= 11 is 6.04. The molecule has 1 aromatic rings. The molecule has 0 saturated carbocycles. The first-order valence-electron chi connectivity index (χ1n) is 4.67. The molecule has 2 rings (SSSR count). The van der Waals surface area contributed by atoms with Crippen LogP contribution in [0, 0.1) is 0 Å². The van der Waals surface area contributed by atoms with Crippen molar-refractivity contribution >= 4 is 11.6 Å². The van der Waals surface area contributed by atoms with Crippen LogP contribution in [-0.4, -0.2) is 23.0 Å². The predicted molar refractivity (Wildman–Crippen MR) is 53.8 cm³/mol. The van der Waals surface area contributed by atoms with Gasteiger partial charge >= 0.3 is 0 Å². The van der Waals surface area contributed by atoms with E-state index in [1.54, 1.807) is 6.20 Å². The van der Waals surface area contributed by atoms with Crippen LogP contribution in [0.25, 0.3) is 0 Å². The normalized spacial score (nSPS) is 17.9. The van der Waals surface area contributed by atoms with Gasteiger partial charge in [-0.3, -0.25) is 9.88 Å². The first-order chi connectivity index (χ1) is 6.36. The third kappa shape index (κ3) is 2.20. The lowest BCUT2D eigenvalue weighted by Crippen LogP contribution is -2.18. The zero-order valence-electron chi connectivity index (χ0n) is 7.54. The molecule has 0 radical (unpaired) electrons. The van der Waals surface area contributed by atoms with Crippen LogP contribution in [-0.2, 0) is 6.54 Å². The van der Waals surface area contributed by atoms with Crippen molar-refractivity contribution in [1.29, 1.82) is 0 Å². The van der Waals surface area contributed by atoms with E-state index in [4.69, 9.17) is 11.6 Å². The van der Waals surface area contributed by atoms with Gasteiger partial charge in [0, 0.05) is 29.5 Å². The van der Waals surface area contributed by atoms with Crippen molar-refractivity contribution in [3.8, 4) is 0 Å². The summed E-state index contributed by atoms with van der Waals surface area (Å²) in [7, 11) is 0. The van der Waals surface area contributed by atoms with Crippen LogP contribution in [0.2, 0.25) is 5.02 Å². The molecule has 0 bridgehead atoms. The number of halogens is 1. The molecule has 1 aromatic heterocycles. The fourth-order valence-electron chi connectivity index (χ4n) is 1.71. The highest BCUT2D eigenvalue weighted by Crippen LogP contribution is 2.18. The van der Waals surface area contributed by atoms with Crippen LogP contribution in [0.1, 0.15) is 18.4 Å². The Morgan fingerprint density at radius 2 is 2.15 bits per heavy atom. The molecule has 1 fully saturated rings. The zero-order valence-corrected chi connectivity index (χ0v) is 8.30. The molecule has 70 valence electrons. The highest BCUT2D eigenvalue weighted by molar-refractivity contribution is 6.31. The first kappa shape index (κ1) is 8.97. The van der Waals surface area contributed by atoms with Crippen LogP contribution in [0.5, 0.6) is 0 Å². The molecule has 13 heavy (non-hydrogen) atoms. The molecule has 1 saturated heterocycles. The van der Waals surface area contributed by atoms with Crippen molar-refractivity contribution in [2.45, 2.75) is 19.4 Å². The molecule has 2 heterocycles. The summed E-state index contributed by atoms with van der Waals surface area (Å²) in [6.45, 7) is 3.35. The van der Waals surface area contributed by atoms with Gasteiger partial charge in [0.1, 0.15) is 0 Å². The van der Waals surface area contributed by atoms with Gasteiger partial charge in [0.05, 0.1) is 0 Å². The van der Waals surface area contributed by atoms with Crippen molar-refractivity contribution in [2.75, 3.05) is 13.1 Å². The fraction of sp³-hybridized carbons (Fsp3) is 0.500. The van der Waals surface area contributed by atoms with E-state index < -0.39 is 0 Å². The number of likely N-dealkylation sites (tertiary alicyclic amines) is 1. The molecule has 1 aliphatic heterocycles. The van der Waals surface area contributed by atoms with Crippen molar-refractivity contribution in [1.82, 2.24) is 9.88 Å². The van der Waals surface area contributed by atoms with Gasteiger partial charge in [-0.1, -0.05) is 11.6 Å². The van der Waals surface area contributed by atoms with Crippen molar-refractivity contribution < 1.29 is 0 Å². The molecular formula is C10H13ClN2. The van der Waals surface area contributed by atoms with Crippen LogP contribution in [0.4, 0.5) is 0 Å². The lowest BCUT2D eigenvalue weighted by atomic mass is 10.2. The van der Waals surface area contributed by atoms with Crippen LogP contribution >= 0.6 is 11.6 Å². The Bertz CT molecular complexity index is 282. The van der Waals surface area contributed by atoms with Gasteiger partial charge < -0.3 is 0 Å². The molecule has 0 aliphatic carbocycles. The van der Waals surface area contributed by atoms with E-state index in [1.165, 1.54) is 25.9 Å². The average molecular weight is 197 g/mol. The van der Waals surface area contributed by atoms with E-state index in [2.05, 4.69) is 9.88 Å². The lowest BCUT2D eigenvalue weighted by molar-refractivity contribution is 0.331. The number of pyridine rings is 1. The monoisotopic (exact) mass is 196 g/mol. The maximum atomic E-state index is 6.04. The predicted octanol–water partition coefficient (Wildman–Crippen LogP) is 2.33. The second kappa shape index (κ2) is 4.07. The number of aromatic nitrogens is 1. The molecule has 0 spiro atoms. The minimum absolute atomic E-state index is 0.835. The summed E-state index contributed by atoms with van der Waals surface area (Å²) in [6, 6.07) is 1.85. The summed E-state index contributed by atoms with van der Waals surface area (Å²) in [5, 5.41) is 0.835. The summed E-state index contributed by atoms with van der Waals surface area (Å²) in [4.78, 5) is 6.50. The minimum Gasteiger partial charge on any atom is -0.299 e. The van der Waals surface area contributed by atoms with Crippen molar-refractivity contribution in [2.24, 2.45) is 0 Å². The third-order valence-electron chi connectivity index (χ3n) is 2.44. The second-order valence-electron chi connectivity index (χ2n) is 3.45. The Morgan fingerprint density at radius 3 is 2.85 bits per heavy atom. The Hall–Kier alpha value is -0.600. The van der Waals surface area contributed by atoms with Crippen LogP contribution in [0.3, 0.4) is 0 Å². The maximum absolute atomic E-state index is 6.04. The Balaban J connectivity index is 2.04. The van der Waals surface area contributed by atoms with Crippen molar-refractivity contribution in [3.05, 3.63) is 29.0 Å². The largest absolute Gasteiger partial charge is 0.299 e. The summed E-state index contributed by atoms with van der Waals surface area (Å²) in [6.07, 6.45) is 6.23. The molecule has 2 nitrogen and oxygen atoms in total.